The van der Waals surface area contributed by atoms with Crippen LogP contribution in [-0.2, 0) is 0 Å². The average molecular weight is 335 g/mol. The van der Waals surface area contributed by atoms with Gasteiger partial charge in [0.2, 0.25) is 5.88 Å². The van der Waals surface area contributed by atoms with E-state index in [4.69, 9.17) is 9.47 Å². The molecule has 0 saturated carbocycles. The fraction of sp³-hybridized carbons (Fsp3) is 0.105. The Labute approximate surface area is 145 Å². The van der Waals surface area contributed by atoms with E-state index in [9.17, 15) is 4.79 Å². The maximum Gasteiger partial charge on any atom is 0.255 e. The Hall–Kier alpha value is -3.41. The molecular weight excluding hydrogens is 318 g/mol. The Kier molecular flexibility index (Phi) is 4.89. The van der Waals surface area contributed by atoms with Gasteiger partial charge in [-0.1, -0.05) is 12.1 Å². The van der Waals surface area contributed by atoms with Crippen LogP contribution in [0.25, 0.3) is 11.3 Å². The standard InChI is InChI=1S/C19H17N3O3/c1-24-16-9-5-14(6-10-16)19(23)20-15-7-3-13(4-8-15)17-11-12-18(25-2)22-21-17/h3-12H,1-2H3,(H,20,23). The van der Waals surface area contributed by atoms with Crippen molar-refractivity contribution in [1.82, 2.24) is 10.2 Å². The lowest BCUT2D eigenvalue weighted by atomic mass is 10.1. The minimum Gasteiger partial charge on any atom is -0.497 e. The van der Waals surface area contributed by atoms with Gasteiger partial charge in [-0.05, 0) is 42.5 Å². The van der Waals surface area contributed by atoms with Gasteiger partial charge in [0.15, 0.2) is 0 Å². The highest BCUT2D eigenvalue weighted by atomic mass is 16.5. The largest absolute Gasteiger partial charge is 0.497 e. The van der Waals surface area contributed by atoms with Gasteiger partial charge in [0, 0.05) is 22.9 Å². The number of hydrogen-bond donors (Lipinski definition) is 1. The van der Waals surface area contributed by atoms with Crippen LogP contribution in [0, 0.1) is 0 Å². The molecule has 3 rings (SSSR count). The van der Waals surface area contributed by atoms with Gasteiger partial charge in [-0.25, -0.2) is 0 Å². The Morgan fingerprint density at radius 1 is 0.840 bits per heavy atom. The SMILES string of the molecule is COc1ccc(C(=O)Nc2ccc(-c3ccc(OC)nn3)cc2)cc1. The van der Waals surface area contributed by atoms with E-state index in [0.29, 0.717) is 22.9 Å². The summed E-state index contributed by atoms with van der Waals surface area (Å²) in [4.78, 5) is 12.3. The number of hydrogen-bond acceptors (Lipinski definition) is 5. The van der Waals surface area contributed by atoms with Gasteiger partial charge in [-0.2, -0.15) is 0 Å². The molecule has 0 bridgehead atoms. The number of amides is 1. The van der Waals surface area contributed by atoms with Gasteiger partial charge in [0.05, 0.1) is 19.9 Å². The van der Waals surface area contributed by atoms with Crippen LogP contribution in [0.15, 0.2) is 60.7 Å². The van der Waals surface area contributed by atoms with Crippen LogP contribution < -0.4 is 14.8 Å². The summed E-state index contributed by atoms with van der Waals surface area (Å²) < 4.78 is 10.1. The van der Waals surface area contributed by atoms with Gasteiger partial charge in [0.1, 0.15) is 5.75 Å². The molecule has 0 aliphatic heterocycles. The number of ether oxygens (including phenoxy) is 2. The van der Waals surface area contributed by atoms with Crippen LogP contribution >= 0.6 is 0 Å². The number of rotatable bonds is 5. The lowest BCUT2D eigenvalue weighted by Crippen LogP contribution is -2.11. The van der Waals surface area contributed by atoms with Gasteiger partial charge < -0.3 is 14.8 Å². The Morgan fingerprint density at radius 2 is 1.56 bits per heavy atom. The maximum atomic E-state index is 12.3. The smallest absolute Gasteiger partial charge is 0.255 e. The number of methoxy groups -OCH3 is 2. The molecule has 6 nitrogen and oxygen atoms in total. The molecule has 1 amide bonds. The minimum atomic E-state index is -0.181. The maximum absolute atomic E-state index is 12.3. The van der Waals surface area contributed by atoms with Crippen molar-refractivity contribution < 1.29 is 14.3 Å². The summed E-state index contributed by atoms with van der Waals surface area (Å²) in [7, 11) is 3.13. The van der Waals surface area contributed by atoms with E-state index >= 15 is 0 Å². The molecule has 1 N–H and O–H groups in total. The number of nitrogens with zero attached hydrogens (tertiary/aromatic N) is 2. The molecule has 6 heteroatoms. The van der Waals surface area contributed by atoms with E-state index in [-0.39, 0.29) is 5.91 Å². The highest BCUT2D eigenvalue weighted by molar-refractivity contribution is 6.04. The molecule has 25 heavy (non-hydrogen) atoms. The third-order valence-corrected chi connectivity index (χ3v) is 3.64. The summed E-state index contributed by atoms with van der Waals surface area (Å²) in [5.41, 5.74) is 2.89. The van der Waals surface area contributed by atoms with Crippen molar-refractivity contribution in [3.8, 4) is 22.9 Å². The Balaban J connectivity index is 1.69. The first-order chi connectivity index (χ1) is 12.2. The molecule has 0 fully saturated rings. The lowest BCUT2D eigenvalue weighted by molar-refractivity contribution is 0.102. The van der Waals surface area contributed by atoms with Gasteiger partial charge in [-0.15, -0.1) is 10.2 Å². The Bertz CT molecular complexity index is 845. The fourth-order valence-electron chi connectivity index (χ4n) is 2.25. The molecule has 126 valence electrons. The monoisotopic (exact) mass is 335 g/mol. The molecule has 1 heterocycles. The van der Waals surface area contributed by atoms with E-state index < -0.39 is 0 Å². The summed E-state index contributed by atoms with van der Waals surface area (Å²) in [5.74, 6) is 0.994. The first-order valence-electron chi connectivity index (χ1n) is 7.63. The average Bonchev–Trinajstić information content (AvgIpc) is 2.68. The molecule has 0 aliphatic carbocycles. The highest BCUT2D eigenvalue weighted by Gasteiger charge is 2.07. The minimum absolute atomic E-state index is 0.181. The number of anilines is 1. The van der Waals surface area contributed by atoms with E-state index in [1.54, 1.807) is 44.6 Å². The molecule has 3 aromatic rings. The zero-order valence-electron chi connectivity index (χ0n) is 13.9. The van der Waals surface area contributed by atoms with Crippen molar-refractivity contribution in [3.63, 3.8) is 0 Å². The van der Waals surface area contributed by atoms with Gasteiger partial charge in [0.25, 0.3) is 5.91 Å². The first-order valence-corrected chi connectivity index (χ1v) is 7.63. The summed E-state index contributed by atoms with van der Waals surface area (Å²) in [6.07, 6.45) is 0. The number of benzene rings is 2. The van der Waals surface area contributed by atoms with Crippen molar-refractivity contribution in [2.75, 3.05) is 19.5 Å². The summed E-state index contributed by atoms with van der Waals surface area (Å²) >= 11 is 0. The van der Waals surface area contributed by atoms with Crippen LogP contribution in [0.3, 0.4) is 0 Å². The first kappa shape index (κ1) is 16.4. The third-order valence-electron chi connectivity index (χ3n) is 3.64. The fourth-order valence-corrected chi connectivity index (χ4v) is 2.25. The van der Waals surface area contributed by atoms with Crippen molar-refractivity contribution in [2.24, 2.45) is 0 Å². The van der Waals surface area contributed by atoms with Crippen LogP contribution in [0.5, 0.6) is 11.6 Å². The van der Waals surface area contributed by atoms with Crippen molar-refractivity contribution in [3.05, 3.63) is 66.2 Å². The van der Waals surface area contributed by atoms with Crippen molar-refractivity contribution in [1.29, 1.82) is 0 Å². The highest BCUT2D eigenvalue weighted by Crippen LogP contribution is 2.21. The number of carbonyl (C=O) groups excluding carboxylic acids is 1. The quantitative estimate of drug-likeness (QED) is 0.773. The normalized spacial score (nSPS) is 10.2. The van der Waals surface area contributed by atoms with Gasteiger partial charge >= 0.3 is 0 Å². The third kappa shape index (κ3) is 3.92. The topological polar surface area (TPSA) is 73.3 Å². The van der Waals surface area contributed by atoms with E-state index in [1.807, 2.05) is 30.3 Å². The second-order valence-corrected chi connectivity index (χ2v) is 5.22. The number of aromatic nitrogens is 2. The zero-order chi connectivity index (χ0) is 17.6. The molecule has 0 radical (unpaired) electrons. The summed E-state index contributed by atoms with van der Waals surface area (Å²) in [6, 6.07) is 17.9. The van der Waals surface area contributed by atoms with Crippen molar-refractivity contribution >= 4 is 11.6 Å². The number of carbonyl (C=O) groups is 1. The van der Waals surface area contributed by atoms with Crippen LogP contribution in [-0.4, -0.2) is 30.3 Å². The molecule has 0 spiro atoms. The lowest BCUT2D eigenvalue weighted by Gasteiger charge is -2.07. The van der Waals surface area contributed by atoms with E-state index in [2.05, 4.69) is 15.5 Å². The zero-order valence-corrected chi connectivity index (χ0v) is 13.9. The summed E-state index contributed by atoms with van der Waals surface area (Å²) in [6.45, 7) is 0. The summed E-state index contributed by atoms with van der Waals surface area (Å²) in [5, 5.41) is 10.9. The molecular formula is C19H17N3O3. The van der Waals surface area contributed by atoms with E-state index in [0.717, 1.165) is 11.3 Å². The second kappa shape index (κ2) is 7.44. The second-order valence-electron chi connectivity index (χ2n) is 5.22. The van der Waals surface area contributed by atoms with Crippen LogP contribution in [0.1, 0.15) is 10.4 Å². The molecule has 0 atom stereocenters. The predicted molar refractivity (Wildman–Crippen MR) is 95.0 cm³/mol. The van der Waals surface area contributed by atoms with Crippen molar-refractivity contribution in [2.45, 2.75) is 0 Å². The predicted octanol–water partition coefficient (Wildman–Crippen LogP) is 3.41. The molecule has 0 unspecified atom stereocenters. The molecule has 0 saturated heterocycles. The number of nitrogens with one attached hydrogen (secondary N) is 1. The molecule has 0 aliphatic rings. The molecule has 2 aromatic carbocycles. The van der Waals surface area contributed by atoms with Crippen LogP contribution in [0.4, 0.5) is 5.69 Å². The Morgan fingerprint density at radius 3 is 2.12 bits per heavy atom. The van der Waals surface area contributed by atoms with E-state index in [1.165, 1.54) is 0 Å². The molecule has 1 aromatic heterocycles. The van der Waals surface area contributed by atoms with Crippen LogP contribution in [0.2, 0.25) is 0 Å². The van der Waals surface area contributed by atoms with Gasteiger partial charge in [-0.3, -0.25) is 4.79 Å².